The molecular formula is C13H19FN2O3. The van der Waals surface area contributed by atoms with Crippen molar-refractivity contribution in [3.63, 3.8) is 0 Å². The molecule has 1 N–H and O–H groups in total. The minimum atomic E-state index is -0.663. The summed E-state index contributed by atoms with van der Waals surface area (Å²) in [5, 5.41) is 13.8. The molecule has 6 heteroatoms. The number of nitro groups is 1. The molecule has 0 aromatic heterocycles. The minimum Gasteiger partial charge on any atom is -0.490 e. The topological polar surface area (TPSA) is 64.4 Å². The molecule has 0 aliphatic rings. The third kappa shape index (κ3) is 4.08. The number of benzene rings is 1. The van der Waals surface area contributed by atoms with E-state index in [-0.39, 0.29) is 23.2 Å². The Labute approximate surface area is 111 Å². The number of nitrogens with one attached hydrogen (secondary N) is 1. The Morgan fingerprint density at radius 1 is 1.42 bits per heavy atom. The Morgan fingerprint density at radius 3 is 2.53 bits per heavy atom. The van der Waals surface area contributed by atoms with E-state index in [1.165, 1.54) is 13.2 Å². The standard InChI is InChI=1S/C13H19FN2O3/c1-8(2)5-9(3)15-11-7-13(19-4)12(16(17)18)6-10(11)14/h6-9,15H,5H2,1-4H3. The zero-order valence-corrected chi connectivity index (χ0v) is 11.6. The highest BCUT2D eigenvalue weighted by Gasteiger charge is 2.20. The molecule has 1 atom stereocenters. The van der Waals surface area contributed by atoms with E-state index < -0.39 is 10.7 Å². The van der Waals surface area contributed by atoms with E-state index in [0.717, 1.165) is 12.5 Å². The molecule has 106 valence electrons. The molecule has 19 heavy (non-hydrogen) atoms. The lowest BCUT2D eigenvalue weighted by molar-refractivity contribution is -0.385. The van der Waals surface area contributed by atoms with E-state index in [9.17, 15) is 14.5 Å². The average Bonchev–Trinajstić information content (AvgIpc) is 2.29. The normalized spacial score (nSPS) is 12.3. The van der Waals surface area contributed by atoms with Gasteiger partial charge in [0.25, 0.3) is 0 Å². The van der Waals surface area contributed by atoms with Gasteiger partial charge in [-0.1, -0.05) is 13.8 Å². The van der Waals surface area contributed by atoms with Crippen molar-refractivity contribution in [3.05, 3.63) is 28.1 Å². The summed E-state index contributed by atoms with van der Waals surface area (Å²) in [5.74, 6) is -0.126. The lowest BCUT2D eigenvalue weighted by Crippen LogP contribution is -2.18. The highest BCUT2D eigenvalue weighted by atomic mass is 19.1. The van der Waals surface area contributed by atoms with Crippen LogP contribution in [-0.2, 0) is 0 Å². The second-order valence-corrected chi connectivity index (χ2v) is 4.94. The van der Waals surface area contributed by atoms with Gasteiger partial charge in [0.2, 0.25) is 0 Å². The Morgan fingerprint density at radius 2 is 2.05 bits per heavy atom. The number of hydrogen-bond acceptors (Lipinski definition) is 4. The fraction of sp³-hybridized carbons (Fsp3) is 0.538. The molecule has 1 aromatic rings. The van der Waals surface area contributed by atoms with Gasteiger partial charge in [-0.2, -0.15) is 0 Å². The van der Waals surface area contributed by atoms with Crippen molar-refractivity contribution in [2.75, 3.05) is 12.4 Å². The van der Waals surface area contributed by atoms with Gasteiger partial charge in [0.05, 0.1) is 23.8 Å². The van der Waals surface area contributed by atoms with E-state index in [0.29, 0.717) is 5.92 Å². The van der Waals surface area contributed by atoms with Gasteiger partial charge >= 0.3 is 5.69 Å². The molecule has 0 bridgehead atoms. The van der Waals surface area contributed by atoms with Gasteiger partial charge in [0.1, 0.15) is 0 Å². The molecule has 1 rings (SSSR count). The molecule has 0 spiro atoms. The maximum atomic E-state index is 13.8. The van der Waals surface area contributed by atoms with Crippen LogP contribution in [0, 0.1) is 21.8 Å². The third-order valence-electron chi connectivity index (χ3n) is 2.69. The molecule has 1 unspecified atom stereocenters. The van der Waals surface area contributed by atoms with Crippen molar-refractivity contribution >= 4 is 11.4 Å². The van der Waals surface area contributed by atoms with Gasteiger partial charge < -0.3 is 10.1 Å². The van der Waals surface area contributed by atoms with Crippen molar-refractivity contribution in [3.8, 4) is 5.75 Å². The molecule has 1 aromatic carbocycles. The van der Waals surface area contributed by atoms with Crippen molar-refractivity contribution in [1.82, 2.24) is 0 Å². The van der Waals surface area contributed by atoms with Crippen LogP contribution in [0.3, 0.4) is 0 Å². The molecule has 0 heterocycles. The Hall–Kier alpha value is -1.85. The predicted molar refractivity (Wildman–Crippen MR) is 72.1 cm³/mol. The number of ether oxygens (including phenoxy) is 1. The van der Waals surface area contributed by atoms with Crippen LogP contribution in [0.4, 0.5) is 15.8 Å². The molecule has 0 saturated carbocycles. The zero-order valence-electron chi connectivity index (χ0n) is 11.6. The monoisotopic (exact) mass is 270 g/mol. The summed E-state index contributed by atoms with van der Waals surface area (Å²) in [6.45, 7) is 6.09. The van der Waals surface area contributed by atoms with Crippen LogP contribution in [-0.4, -0.2) is 18.1 Å². The summed E-state index contributed by atoms with van der Waals surface area (Å²) < 4.78 is 18.7. The Bertz CT molecular complexity index is 463. The fourth-order valence-corrected chi connectivity index (χ4v) is 1.99. The first-order chi connectivity index (χ1) is 8.85. The van der Waals surface area contributed by atoms with Crippen LogP contribution in [0.25, 0.3) is 0 Å². The first-order valence-corrected chi connectivity index (χ1v) is 6.13. The van der Waals surface area contributed by atoms with E-state index in [4.69, 9.17) is 4.74 Å². The molecule has 0 saturated heterocycles. The largest absolute Gasteiger partial charge is 0.490 e. The number of methoxy groups -OCH3 is 1. The van der Waals surface area contributed by atoms with Crippen molar-refractivity contribution < 1.29 is 14.1 Å². The van der Waals surface area contributed by atoms with Gasteiger partial charge in [-0.15, -0.1) is 0 Å². The van der Waals surface area contributed by atoms with Gasteiger partial charge in [-0.25, -0.2) is 4.39 Å². The molecule has 0 aliphatic heterocycles. The van der Waals surface area contributed by atoms with Crippen molar-refractivity contribution in [2.45, 2.75) is 33.2 Å². The Balaban J connectivity index is 2.99. The summed E-state index contributed by atoms with van der Waals surface area (Å²) in [5.41, 5.74) is -0.155. The third-order valence-corrected chi connectivity index (χ3v) is 2.69. The number of halogens is 1. The molecule has 0 radical (unpaired) electrons. The second kappa shape index (κ2) is 6.36. The number of nitro benzene ring substituents is 1. The molecule has 0 aliphatic carbocycles. The van der Waals surface area contributed by atoms with Gasteiger partial charge in [0, 0.05) is 12.1 Å². The second-order valence-electron chi connectivity index (χ2n) is 4.94. The van der Waals surface area contributed by atoms with E-state index >= 15 is 0 Å². The van der Waals surface area contributed by atoms with Crippen LogP contribution in [0.15, 0.2) is 12.1 Å². The summed E-state index contributed by atoms with van der Waals surface area (Å²) in [7, 11) is 1.32. The van der Waals surface area contributed by atoms with Crippen LogP contribution in [0.5, 0.6) is 5.75 Å². The molecule has 0 fully saturated rings. The van der Waals surface area contributed by atoms with Crippen LogP contribution < -0.4 is 10.1 Å². The number of hydrogen-bond donors (Lipinski definition) is 1. The smallest absolute Gasteiger partial charge is 0.313 e. The fourth-order valence-electron chi connectivity index (χ4n) is 1.99. The summed E-state index contributed by atoms with van der Waals surface area (Å²) in [6.07, 6.45) is 0.874. The maximum Gasteiger partial charge on any atom is 0.313 e. The van der Waals surface area contributed by atoms with Gasteiger partial charge in [0.15, 0.2) is 11.6 Å². The van der Waals surface area contributed by atoms with Crippen molar-refractivity contribution in [1.29, 1.82) is 0 Å². The van der Waals surface area contributed by atoms with Crippen LogP contribution in [0.1, 0.15) is 27.2 Å². The highest BCUT2D eigenvalue weighted by molar-refractivity contribution is 5.59. The highest BCUT2D eigenvalue weighted by Crippen LogP contribution is 2.32. The zero-order chi connectivity index (χ0) is 14.6. The summed E-state index contributed by atoms with van der Waals surface area (Å²) >= 11 is 0. The lowest BCUT2D eigenvalue weighted by atomic mass is 10.0. The van der Waals surface area contributed by atoms with Crippen LogP contribution in [0.2, 0.25) is 0 Å². The maximum absolute atomic E-state index is 13.8. The summed E-state index contributed by atoms with van der Waals surface area (Å²) in [4.78, 5) is 10.1. The average molecular weight is 270 g/mol. The number of anilines is 1. The lowest BCUT2D eigenvalue weighted by Gasteiger charge is -2.18. The quantitative estimate of drug-likeness (QED) is 0.633. The molecule has 0 amide bonds. The minimum absolute atomic E-state index is 0.0469. The number of rotatable bonds is 6. The van der Waals surface area contributed by atoms with Crippen LogP contribution >= 0.6 is 0 Å². The summed E-state index contributed by atoms with van der Waals surface area (Å²) in [6, 6.07) is 2.27. The number of nitrogens with zero attached hydrogens (tertiary/aromatic N) is 1. The Kier molecular flexibility index (Phi) is 5.09. The van der Waals surface area contributed by atoms with E-state index in [2.05, 4.69) is 19.2 Å². The van der Waals surface area contributed by atoms with Gasteiger partial charge in [-0.05, 0) is 19.3 Å². The molecular weight excluding hydrogens is 251 g/mol. The van der Waals surface area contributed by atoms with E-state index in [1.807, 2.05) is 6.92 Å². The predicted octanol–water partition coefficient (Wildman–Crippen LogP) is 3.59. The van der Waals surface area contributed by atoms with Crippen molar-refractivity contribution in [2.24, 2.45) is 5.92 Å². The van der Waals surface area contributed by atoms with E-state index in [1.54, 1.807) is 0 Å². The first-order valence-electron chi connectivity index (χ1n) is 6.13. The SMILES string of the molecule is COc1cc(NC(C)CC(C)C)c(F)cc1[N+](=O)[O-]. The first kappa shape index (κ1) is 15.2. The molecule has 5 nitrogen and oxygen atoms in total. The van der Waals surface area contributed by atoms with Gasteiger partial charge in [-0.3, -0.25) is 10.1 Å².